The van der Waals surface area contributed by atoms with Crippen molar-refractivity contribution in [2.45, 2.75) is 26.4 Å². The number of esters is 1. The highest BCUT2D eigenvalue weighted by Crippen LogP contribution is 2.47. The molecular formula is C31H30N2O5. The maximum Gasteiger partial charge on any atom is 0.313 e. The molecule has 5 rings (SSSR count). The van der Waals surface area contributed by atoms with Crippen LogP contribution in [0, 0.1) is 11.8 Å². The first-order valence-corrected chi connectivity index (χ1v) is 12.7. The first kappa shape index (κ1) is 25.3. The lowest BCUT2D eigenvalue weighted by Crippen LogP contribution is -2.41. The van der Waals surface area contributed by atoms with Crippen molar-refractivity contribution in [1.29, 1.82) is 0 Å². The summed E-state index contributed by atoms with van der Waals surface area (Å²) in [5.41, 5.74) is 3.92. The van der Waals surface area contributed by atoms with Crippen LogP contribution in [0.25, 0.3) is 0 Å². The lowest BCUT2D eigenvalue weighted by Gasteiger charge is -2.34. The van der Waals surface area contributed by atoms with Crippen molar-refractivity contribution in [3.8, 4) is 11.5 Å². The quantitative estimate of drug-likeness (QED) is 0.373. The minimum Gasteiger partial charge on any atom is -0.493 e. The molecule has 1 heterocycles. The number of anilines is 1. The summed E-state index contributed by atoms with van der Waals surface area (Å²) < 4.78 is 17.2. The maximum atomic E-state index is 13.8. The summed E-state index contributed by atoms with van der Waals surface area (Å²) in [6, 6.07) is 24.8. The number of hydrazone groups is 1. The zero-order chi connectivity index (χ0) is 26.6. The van der Waals surface area contributed by atoms with E-state index in [0.717, 1.165) is 16.7 Å². The number of amides is 1. The van der Waals surface area contributed by atoms with Gasteiger partial charge in [0.05, 0.1) is 37.0 Å². The molecule has 0 radical (unpaired) electrons. The van der Waals surface area contributed by atoms with Crippen molar-refractivity contribution < 1.29 is 23.8 Å². The molecule has 1 aliphatic heterocycles. The molecule has 7 nitrogen and oxygen atoms in total. The van der Waals surface area contributed by atoms with E-state index in [4.69, 9.17) is 14.2 Å². The second kappa shape index (κ2) is 10.9. The molecule has 2 aliphatic rings. The number of carbonyl (C=O) groups excluding carboxylic acids is 2. The van der Waals surface area contributed by atoms with E-state index in [1.54, 1.807) is 14.0 Å². The monoisotopic (exact) mass is 510 g/mol. The third-order valence-electron chi connectivity index (χ3n) is 6.94. The number of hydrogen-bond acceptors (Lipinski definition) is 6. The lowest BCUT2D eigenvalue weighted by molar-refractivity contribution is -0.147. The van der Waals surface area contributed by atoms with E-state index in [0.29, 0.717) is 29.5 Å². The molecule has 0 aromatic heterocycles. The van der Waals surface area contributed by atoms with Crippen LogP contribution in [0.3, 0.4) is 0 Å². The molecule has 3 unspecified atom stereocenters. The minimum atomic E-state index is -0.644. The van der Waals surface area contributed by atoms with Crippen molar-refractivity contribution in [1.82, 2.24) is 0 Å². The lowest BCUT2D eigenvalue weighted by atomic mass is 9.68. The molecule has 38 heavy (non-hydrogen) atoms. The molecule has 3 atom stereocenters. The first-order chi connectivity index (χ1) is 18.5. The van der Waals surface area contributed by atoms with Crippen molar-refractivity contribution >= 4 is 23.3 Å². The van der Waals surface area contributed by atoms with E-state index in [2.05, 4.69) is 5.10 Å². The largest absolute Gasteiger partial charge is 0.493 e. The number of carbonyl (C=O) groups is 2. The van der Waals surface area contributed by atoms with Crippen LogP contribution < -0.4 is 14.5 Å². The standard InChI is InChI=1S/C31H30N2O5/c1-4-37-31(35)27-20(2)17-24-29(30(34)33(32-24)23-13-9-6-10-14-23)28(27)22-15-16-25(26(18-22)36-3)38-19-21-11-7-5-8-12-21/h5-18,27-29H,4,19H2,1-3H3. The summed E-state index contributed by atoms with van der Waals surface area (Å²) in [6.45, 7) is 4.30. The van der Waals surface area contributed by atoms with Gasteiger partial charge in [-0.05, 0) is 55.3 Å². The number of ether oxygens (including phenoxy) is 3. The van der Waals surface area contributed by atoms with Crippen LogP contribution in [-0.4, -0.2) is 31.3 Å². The van der Waals surface area contributed by atoms with E-state index in [9.17, 15) is 9.59 Å². The third-order valence-corrected chi connectivity index (χ3v) is 6.94. The van der Waals surface area contributed by atoms with Gasteiger partial charge in [0.2, 0.25) is 0 Å². The second-order valence-corrected chi connectivity index (χ2v) is 9.32. The van der Waals surface area contributed by atoms with Gasteiger partial charge in [0.15, 0.2) is 11.5 Å². The highest BCUT2D eigenvalue weighted by atomic mass is 16.5. The van der Waals surface area contributed by atoms with Gasteiger partial charge in [-0.2, -0.15) is 10.1 Å². The average molecular weight is 511 g/mol. The minimum absolute atomic E-state index is 0.183. The zero-order valence-corrected chi connectivity index (χ0v) is 21.7. The average Bonchev–Trinajstić information content (AvgIpc) is 3.27. The fourth-order valence-corrected chi connectivity index (χ4v) is 5.19. The van der Waals surface area contributed by atoms with E-state index in [-0.39, 0.29) is 18.5 Å². The number of allylic oxidation sites excluding steroid dienone is 1. The molecule has 0 saturated carbocycles. The number of fused-ring (bicyclic) bond motifs is 1. The number of benzene rings is 3. The molecule has 1 aliphatic carbocycles. The van der Waals surface area contributed by atoms with Crippen LogP contribution in [-0.2, 0) is 20.9 Å². The van der Waals surface area contributed by atoms with Gasteiger partial charge in [0.1, 0.15) is 6.61 Å². The Labute approximate surface area is 222 Å². The van der Waals surface area contributed by atoms with E-state index in [1.165, 1.54) is 5.01 Å². The molecule has 1 amide bonds. The maximum absolute atomic E-state index is 13.8. The second-order valence-electron chi connectivity index (χ2n) is 9.32. The third kappa shape index (κ3) is 4.79. The topological polar surface area (TPSA) is 77.4 Å². The predicted octanol–water partition coefficient (Wildman–Crippen LogP) is 5.52. The van der Waals surface area contributed by atoms with Gasteiger partial charge in [-0.3, -0.25) is 9.59 Å². The summed E-state index contributed by atoms with van der Waals surface area (Å²) in [5.74, 6) is -1.24. The van der Waals surface area contributed by atoms with Crippen LogP contribution in [0.1, 0.15) is 30.9 Å². The predicted molar refractivity (Wildman–Crippen MR) is 145 cm³/mol. The zero-order valence-electron chi connectivity index (χ0n) is 21.7. The summed E-state index contributed by atoms with van der Waals surface area (Å²) in [4.78, 5) is 27.0. The molecule has 0 N–H and O–H groups in total. The van der Waals surface area contributed by atoms with Crippen LogP contribution in [0.2, 0.25) is 0 Å². The number of nitrogens with zero attached hydrogens (tertiary/aromatic N) is 2. The molecule has 0 fully saturated rings. The summed E-state index contributed by atoms with van der Waals surface area (Å²) >= 11 is 0. The first-order valence-electron chi connectivity index (χ1n) is 12.7. The van der Waals surface area contributed by atoms with Gasteiger partial charge in [-0.15, -0.1) is 0 Å². The molecule has 0 saturated heterocycles. The van der Waals surface area contributed by atoms with Gasteiger partial charge in [0.25, 0.3) is 5.91 Å². The van der Waals surface area contributed by atoms with E-state index < -0.39 is 17.8 Å². The molecule has 0 spiro atoms. The summed E-state index contributed by atoms with van der Waals surface area (Å²) in [7, 11) is 1.58. The van der Waals surface area contributed by atoms with E-state index >= 15 is 0 Å². The van der Waals surface area contributed by atoms with Crippen LogP contribution in [0.5, 0.6) is 11.5 Å². The Morgan fingerprint density at radius 3 is 2.37 bits per heavy atom. The van der Waals surface area contributed by atoms with Crippen LogP contribution >= 0.6 is 0 Å². The molecular weight excluding hydrogens is 480 g/mol. The van der Waals surface area contributed by atoms with Gasteiger partial charge >= 0.3 is 5.97 Å². The Morgan fingerprint density at radius 2 is 1.68 bits per heavy atom. The SMILES string of the molecule is CCOC(=O)C1C(C)=CC2=NN(c3ccccc3)C(=O)C2C1c1ccc(OCc2ccccc2)c(OC)c1. The Bertz CT molecular complexity index is 1380. The number of hydrogen-bond donors (Lipinski definition) is 0. The number of para-hydroxylation sites is 1. The highest BCUT2D eigenvalue weighted by molar-refractivity contribution is 6.21. The fourth-order valence-electron chi connectivity index (χ4n) is 5.19. The normalized spacial score (nSPS) is 20.3. The Hall–Kier alpha value is -4.39. The van der Waals surface area contributed by atoms with Gasteiger partial charge in [-0.25, -0.2) is 0 Å². The Morgan fingerprint density at radius 1 is 0.974 bits per heavy atom. The summed E-state index contributed by atoms with van der Waals surface area (Å²) in [6.07, 6.45) is 1.85. The molecule has 7 heteroatoms. The Balaban J connectivity index is 1.53. The van der Waals surface area contributed by atoms with Crippen LogP contribution in [0.15, 0.2) is 95.6 Å². The van der Waals surface area contributed by atoms with Crippen LogP contribution in [0.4, 0.5) is 5.69 Å². The van der Waals surface area contributed by atoms with Gasteiger partial charge in [-0.1, -0.05) is 60.2 Å². The van der Waals surface area contributed by atoms with Crippen molar-refractivity contribution in [3.05, 3.63) is 102 Å². The van der Waals surface area contributed by atoms with Crippen molar-refractivity contribution in [2.24, 2.45) is 16.9 Å². The van der Waals surface area contributed by atoms with E-state index in [1.807, 2.05) is 91.9 Å². The molecule has 3 aromatic rings. The molecule has 0 bridgehead atoms. The highest BCUT2D eigenvalue weighted by Gasteiger charge is 2.50. The number of methoxy groups -OCH3 is 1. The fraction of sp³-hybridized carbons (Fsp3) is 0.258. The number of rotatable bonds is 8. The Kier molecular flexibility index (Phi) is 7.26. The summed E-state index contributed by atoms with van der Waals surface area (Å²) in [5, 5.41) is 6.10. The molecule has 3 aromatic carbocycles. The van der Waals surface area contributed by atoms with Crippen molar-refractivity contribution in [3.63, 3.8) is 0 Å². The van der Waals surface area contributed by atoms with Gasteiger partial charge < -0.3 is 14.2 Å². The molecule has 194 valence electrons. The van der Waals surface area contributed by atoms with Crippen molar-refractivity contribution in [2.75, 3.05) is 18.7 Å². The smallest absolute Gasteiger partial charge is 0.313 e. The van der Waals surface area contributed by atoms with Gasteiger partial charge in [0, 0.05) is 5.92 Å².